The number of nitriles is 1. The van der Waals surface area contributed by atoms with Gasteiger partial charge >= 0.3 is 5.69 Å². The fourth-order valence-electron chi connectivity index (χ4n) is 3.58. The molecule has 3 rings (SSSR count). The highest BCUT2D eigenvalue weighted by molar-refractivity contribution is 5.79. The molecule has 0 saturated carbocycles. The van der Waals surface area contributed by atoms with Crippen LogP contribution in [0, 0.1) is 17.2 Å². The molecule has 146 valence electrons. The van der Waals surface area contributed by atoms with Crippen LogP contribution >= 0.6 is 0 Å². The van der Waals surface area contributed by atoms with Crippen molar-refractivity contribution in [2.45, 2.75) is 19.4 Å². The number of amides is 1. The van der Waals surface area contributed by atoms with Crippen molar-refractivity contribution in [3.8, 4) is 6.07 Å². The van der Waals surface area contributed by atoms with Gasteiger partial charge in [0.05, 0.1) is 0 Å². The zero-order valence-corrected chi connectivity index (χ0v) is 16.0. The van der Waals surface area contributed by atoms with Gasteiger partial charge in [-0.3, -0.25) is 18.7 Å². The fourth-order valence-corrected chi connectivity index (χ4v) is 3.58. The van der Waals surface area contributed by atoms with Gasteiger partial charge in [-0.05, 0) is 18.4 Å². The van der Waals surface area contributed by atoms with Gasteiger partial charge in [-0.1, -0.05) is 30.3 Å². The maximum Gasteiger partial charge on any atom is 0.332 e. The lowest BCUT2D eigenvalue weighted by Crippen LogP contribution is -2.46. The van der Waals surface area contributed by atoms with Crippen LogP contribution in [0.1, 0.15) is 24.0 Å². The number of nitrogens with one attached hydrogen (secondary N) is 1. The lowest BCUT2D eigenvalue weighted by molar-refractivity contribution is -0.125. The molecular weight excluding hydrogens is 358 g/mol. The minimum absolute atomic E-state index is 0.00174. The average Bonchev–Trinajstić information content (AvgIpc) is 2.73. The van der Waals surface area contributed by atoms with Gasteiger partial charge < -0.3 is 10.2 Å². The number of nitrogens with zero attached hydrogens (tertiary/aromatic N) is 4. The zero-order chi connectivity index (χ0) is 20.3. The molecule has 1 N–H and O–H groups in total. The van der Waals surface area contributed by atoms with Crippen LogP contribution in [-0.2, 0) is 25.4 Å². The molecule has 0 aliphatic carbocycles. The second-order valence-electron chi connectivity index (χ2n) is 6.98. The van der Waals surface area contributed by atoms with Crippen LogP contribution in [0.3, 0.4) is 0 Å². The Balaban J connectivity index is 1.69. The van der Waals surface area contributed by atoms with Gasteiger partial charge in [-0.2, -0.15) is 5.26 Å². The van der Waals surface area contributed by atoms with Gasteiger partial charge in [-0.25, -0.2) is 4.79 Å². The van der Waals surface area contributed by atoms with Crippen LogP contribution in [0.25, 0.3) is 0 Å². The van der Waals surface area contributed by atoms with E-state index in [1.807, 2.05) is 41.3 Å². The van der Waals surface area contributed by atoms with Gasteiger partial charge in [0.25, 0.3) is 5.56 Å². The Morgan fingerprint density at radius 3 is 2.39 bits per heavy atom. The summed E-state index contributed by atoms with van der Waals surface area (Å²) in [5, 5.41) is 12.4. The molecule has 1 saturated heterocycles. The first kappa shape index (κ1) is 19.4. The Labute approximate surface area is 162 Å². The maximum atomic E-state index is 12.5. The number of benzene rings is 1. The fraction of sp³-hybridized carbons (Fsp3) is 0.400. The first-order valence-electron chi connectivity index (χ1n) is 9.20. The van der Waals surface area contributed by atoms with E-state index in [0.29, 0.717) is 38.3 Å². The number of piperidine rings is 1. The quantitative estimate of drug-likeness (QED) is 0.831. The van der Waals surface area contributed by atoms with Gasteiger partial charge in [0, 0.05) is 39.6 Å². The second-order valence-corrected chi connectivity index (χ2v) is 6.98. The smallest absolute Gasteiger partial charge is 0.332 e. The molecule has 0 bridgehead atoms. The summed E-state index contributed by atoms with van der Waals surface area (Å²) in [6, 6.07) is 11.6. The number of aromatic nitrogens is 2. The third-order valence-corrected chi connectivity index (χ3v) is 5.22. The van der Waals surface area contributed by atoms with Crippen LogP contribution in [0.4, 0.5) is 5.82 Å². The van der Waals surface area contributed by atoms with Gasteiger partial charge in [0.1, 0.15) is 11.9 Å². The lowest BCUT2D eigenvalue weighted by Gasteiger charge is -2.34. The Morgan fingerprint density at radius 1 is 1.14 bits per heavy atom. The van der Waals surface area contributed by atoms with E-state index in [4.69, 9.17) is 0 Å². The van der Waals surface area contributed by atoms with Crippen molar-refractivity contribution in [2.75, 3.05) is 18.0 Å². The maximum absolute atomic E-state index is 12.5. The van der Waals surface area contributed by atoms with E-state index in [-0.39, 0.29) is 17.4 Å². The van der Waals surface area contributed by atoms with E-state index in [2.05, 4.69) is 5.32 Å². The standard InChI is InChI=1S/C20H23N5O3/c1-23-18(16(12-21)19(27)24(2)20(23)28)25-10-8-15(9-11-25)17(26)22-13-14-6-4-3-5-7-14/h3-7,15H,8-11,13H2,1-2H3,(H,22,26). The molecule has 28 heavy (non-hydrogen) atoms. The first-order chi connectivity index (χ1) is 13.4. The molecular formula is C20H23N5O3. The molecule has 8 nitrogen and oxygen atoms in total. The SMILES string of the molecule is Cn1c(N2CCC(C(=O)NCc3ccccc3)CC2)c(C#N)c(=O)n(C)c1=O. The molecule has 2 heterocycles. The second kappa shape index (κ2) is 8.13. The minimum atomic E-state index is -0.594. The van der Waals surface area contributed by atoms with Crippen molar-refractivity contribution in [1.82, 2.24) is 14.5 Å². The molecule has 0 spiro atoms. The molecule has 2 aromatic rings. The molecule has 1 aliphatic heterocycles. The molecule has 1 aromatic carbocycles. The summed E-state index contributed by atoms with van der Waals surface area (Å²) in [7, 11) is 2.91. The minimum Gasteiger partial charge on any atom is -0.357 e. The van der Waals surface area contributed by atoms with E-state index in [0.717, 1.165) is 10.1 Å². The van der Waals surface area contributed by atoms with Crippen LogP contribution in [0.5, 0.6) is 0 Å². The van der Waals surface area contributed by atoms with Crippen LogP contribution < -0.4 is 21.5 Å². The molecule has 1 fully saturated rings. The largest absolute Gasteiger partial charge is 0.357 e. The number of hydrogen-bond acceptors (Lipinski definition) is 5. The molecule has 0 radical (unpaired) electrons. The number of anilines is 1. The molecule has 1 amide bonds. The highest BCUT2D eigenvalue weighted by atomic mass is 16.2. The van der Waals surface area contributed by atoms with Crippen LogP contribution in [0.2, 0.25) is 0 Å². The highest BCUT2D eigenvalue weighted by Gasteiger charge is 2.28. The van der Waals surface area contributed by atoms with Crippen molar-refractivity contribution >= 4 is 11.7 Å². The number of carbonyl (C=O) groups is 1. The predicted octanol–water partition coefficient (Wildman–Crippen LogP) is 0.488. The summed E-state index contributed by atoms with van der Waals surface area (Å²) in [4.78, 5) is 38.8. The zero-order valence-electron chi connectivity index (χ0n) is 16.0. The van der Waals surface area contributed by atoms with Crippen molar-refractivity contribution in [3.63, 3.8) is 0 Å². The summed E-state index contributed by atoms with van der Waals surface area (Å²) in [5.74, 6) is 0.203. The van der Waals surface area contributed by atoms with Crippen molar-refractivity contribution in [2.24, 2.45) is 20.0 Å². The molecule has 1 aliphatic rings. The number of carbonyl (C=O) groups excluding carboxylic acids is 1. The Bertz CT molecular complexity index is 1020. The average molecular weight is 381 g/mol. The van der Waals surface area contributed by atoms with Crippen molar-refractivity contribution in [3.05, 3.63) is 62.3 Å². The summed E-state index contributed by atoms with van der Waals surface area (Å²) in [6.07, 6.45) is 1.18. The molecule has 0 unspecified atom stereocenters. The number of rotatable bonds is 4. The van der Waals surface area contributed by atoms with E-state index in [1.165, 1.54) is 11.6 Å². The van der Waals surface area contributed by atoms with E-state index in [9.17, 15) is 19.6 Å². The van der Waals surface area contributed by atoms with Gasteiger partial charge in [0.2, 0.25) is 5.91 Å². The van der Waals surface area contributed by atoms with Crippen molar-refractivity contribution in [1.29, 1.82) is 5.26 Å². The van der Waals surface area contributed by atoms with Gasteiger partial charge in [0.15, 0.2) is 5.56 Å². The third-order valence-electron chi connectivity index (χ3n) is 5.22. The Hall–Kier alpha value is -3.34. The number of hydrogen-bond donors (Lipinski definition) is 1. The van der Waals surface area contributed by atoms with Crippen LogP contribution in [0.15, 0.2) is 39.9 Å². The predicted molar refractivity (Wildman–Crippen MR) is 105 cm³/mol. The first-order valence-corrected chi connectivity index (χ1v) is 9.20. The molecule has 0 atom stereocenters. The van der Waals surface area contributed by atoms with Gasteiger partial charge in [-0.15, -0.1) is 0 Å². The monoisotopic (exact) mass is 381 g/mol. The molecule has 8 heteroatoms. The Morgan fingerprint density at radius 2 is 1.79 bits per heavy atom. The van der Waals surface area contributed by atoms with E-state index < -0.39 is 11.2 Å². The normalized spacial score (nSPS) is 14.5. The van der Waals surface area contributed by atoms with E-state index >= 15 is 0 Å². The lowest BCUT2D eigenvalue weighted by atomic mass is 9.95. The van der Waals surface area contributed by atoms with Crippen molar-refractivity contribution < 1.29 is 4.79 Å². The summed E-state index contributed by atoms with van der Waals surface area (Å²) >= 11 is 0. The summed E-state index contributed by atoms with van der Waals surface area (Å²) in [6.45, 7) is 1.48. The Kier molecular flexibility index (Phi) is 5.64. The topological polar surface area (TPSA) is 100 Å². The third kappa shape index (κ3) is 3.69. The summed E-state index contributed by atoms with van der Waals surface area (Å²) < 4.78 is 2.27. The summed E-state index contributed by atoms with van der Waals surface area (Å²) in [5.41, 5.74) is -0.0660. The van der Waals surface area contributed by atoms with Crippen LogP contribution in [-0.4, -0.2) is 28.1 Å². The van der Waals surface area contributed by atoms with E-state index in [1.54, 1.807) is 7.05 Å². The highest BCUT2D eigenvalue weighted by Crippen LogP contribution is 2.24. The molecule has 1 aromatic heterocycles.